The van der Waals surface area contributed by atoms with E-state index in [4.69, 9.17) is 0 Å². The molecule has 1 atom stereocenters. The highest BCUT2D eigenvalue weighted by Crippen LogP contribution is 2.22. The highest BCUT2D eigenvalue weighted by atomic mass is 14.1. The Labute approximate surface area is 70.7 Å². The molecule has 0 heteroatoms. The number of hydrogen-bond acceptors (Lipinski definition) is 0. The molecule has 0 N–H and O–H groups in total. The summed E-state index contributed by atoms with van der Waals surface area (Å²) in [6, 6.07) is 0. The minimum absolute atomic E-state index is 0.970. The van der Waals surface area contributed by atoms with Crippen molar-refractivity contribution in [3.05, 3.63) is 19.1 Å². The molecule has 1 aliphatic rings. The van der Waals surface area contributed by atoms with Gasteiger partial charge >= 0.3 is 0 Å². The second kappa shape index (κ2) is 5.40. The van der Waals surface area contributed by atoms with Gasteiger partial charge in [0.15, 0.2) is 0 Å². The minimum Gasteiger partial charge on any atom is -0.0885 e. The quantitative estimate of drug-likeness (QED) is 0.527. The molecule has 0 spiro atoms. The van der Waals surface area contributed by atoms with Gasteiger partial charge in [0.2, 0.25) is 0 Å². The summed E-state index contributed by atoms with van der Waals surface area (Å²) in [5, 5.41) is 0. The lowest BCUT2D eigenvalue weighted by molar-refractivity contribution is 0.409. The SMILES string of the molecule is [CH2]CCC1CC/C=C\CCC1. The summed E-state index contributed by atoms with van der Waals surface area (Å²) < 4.78 is 0. The summed E-state index contributed by atoms with van der Waals surface area (Å²) in [5.74, 6) is 0.970. The van der Waals surface area contributed by atoms with Gasteiger partial charge in [-0.3, -0.25) is 0 Å². The van der Waals surface area contributed by atoms with Gasteiger partial charge in [-0.05, 0) is 31.6 Å². The first-order valence-corrected chi connectivity index (χ1v) is 4.87. The first-order chi connectivity index (χ1) is 5.43. The van der Waals surface area contributed by atoms with E-state index in [0.29, 0.717) is 0 Å². The standard InChI is InChI=1S/C11H19/c1-2-8-11-9-6-4-3-5-7-10-11/h3-4,11H,1-2,5-10H2/b4-3-. The van der Waals surface area contributed by atoms with Crippen molar-refractivity contribution in [3.8, 4) is 0 Å². The van der Waals surface area contributed by atoms with Crippen molar-refractivity contribution in [3.63, 3.8) is 0 Å². The van der Waals surface area contributed by atoms with Crippen LogP contribution in [-0.4, -0.2) is 0 Å². The Kier molecular flexibility index (Phi) is 4.33. The van der Waals surface area contributed by atoms with E-state index in [9.17, 15) is 0 Å². The van der Waals surface area contributed by atoms with Gasteiger partial charge in [0.25, 0.3) is 0 Å². The molecule has 0 heterocycles. The van der Waals surface area contributed by atoms with E-state index in [1.54, 1.807) is 0 Å². The molecule has 1 aliphatic carbocycles. The molecule has 1 radical (unpaired) electrons. The van der Waals surface area contributed by atoms with Gasteiger partial charge in [-0.25, -0.2) is 0 Å². The zero-order valence-electron chi connectivity index (χ0n) is 7.39. The van der Waals surface area contributed by atoms with Crippen molar-refractivity contribution in [2.24, 2.45) is 5.92 Å². The van der Waals surface area contributed by atoms with Gasteiger partial charge in [0.1, 0.15) is 0 Å². The van der Waals surface area contributed by atoms with Crippen LogP contribution in [0, 0.1) is 12.8 Å². The molecule has 11 heavy (non-hydrogen) atoms. The lowest BCUT2D eigenvalue weighted by Gasteiger charge is -2.15. The smallest absolute Gasteiger partial charge is 0.0348 e. The third-order valence-electron chi connectivity index (χ3n) is 2.50. The maximum absolute atomic E-state index is 3.92. The van der Waals surface area contributed by atoms with Crippen molar-refractivity contribution in [2.75, 3.05) is 0 Å². The number of rotatable bonds is 2. The minimum atomic E-state index is 0.970. The summed E-state index contributed by atoms with van der Waals surface area (Å²) in [5.41, 5.74) is 0. The van der Waals surface area contributed by atoms with Gasteiger partial charge in [-0.2, -0.15) is 0 Å². The first kappa shape index (κ1) is 8.83. The molecule has 0 saturated heterocycles. The Morgan fingerprint density at radius 3 is 2.82 bits per heavy atom. The largest absolute Gasteiger partial charge is 0.0885 e. The molecular formula is C11H19. The average molecular weight is 151 g/mol. The molecule has 0 aromatic rings. The lowest BCUT2D eigenvalue weighted by Crippen LogP contribution is -2.00. The third-order valence-corrected chi connectivity index (χ3v) is 2.50. The van der Waals surface area contributed by atoms with Crippen molar-refractivity contribution < 1.29 is 0 Å². The zero-order chi connectivity index (χ0) is 7.94. The summed E-state index contributed by atoms with van der Waals surface area (Å²) in [4.78, 5) is 0. The van der Waals surface area contributed by atoms with Gasteiger partial charge in [-0.15, -0.1) is 0 Å². The highest BCUT2D eigenvalue weighted by Gasteiger charge is 2.07. The Hall–Kier alpha value is -0.260. The zero-order valence-corrected chi connectivity index (χ0v) is 7.39. The molecule has 1 rings (SSSR count). The van der Waals surface area contributed by atoms with Gasteiger partial charge in [0.05, 0.1) is 0 Å². The van der Waals surface area contributed by atoms with Crippen LogP contribution in [0.4, 0.5) is 0 Å². The topological polar surface area (TPSA) is 0 Å². The summed E-state index contributed by atoms with van der Waals surface area (Å²) >= 11 is 0. The fourth-order valence-corrected chi connectivity index (χ4v) is 1.81. The second-order valence-electron chi connectivity index (χ2n) is 3.49. The van der Waals surface area contributed by atoms with E-state index in [1.165, 1.54) is 38.5 Å². The van der Waals surface area contributed by atoms with Crippen LogP contribution >= 0.6 is 0 Å². The molecular weight excluding hydrogens is 132 g/mol. The molecule has 0 aromatic heterocycles. The van der Waals surface area contributed by atoms with Crippen LogP contribution in [0.2, 0.25) is 0 Å². The fraction of sp³-hybridized carbons (Fsp3) is 0.727. The maximum Gasteiger partial charge on any atom is -0.0348 e. The van der Waals surface area contributed by atoms with Crippen molar-refractivity contribution in [1.82, 2.24) is 0 Å². The molecule has 0 fully saturated rings. The summed E-state index contributed by atoms with van der Waals surface area (Å²) in [7, 11) is 0. The Balaban J connectivity index is 2.24. The van der Waals surface area contributed by atoms with Crippen LogP contribution in [0.3, 0.4) is 0 Å². The maximum atomic E-state index is 3.92. The predicted molar refractivity (Wildman–Crippen MR) is 50.3 cm³/mol. The summed E-state index contributed by atoms with van der Waals surface area (Å²) in [6.07, 6.45) is 13.9. The normalized spacial score (nSPS) is 29.0. The van der Waals surface area contributed by atoms with E-state index >= 15 is 0 Å². The Bertz CT molecular complexity index is 113. The van der Waals surface area contributed by atoms with Crippen LogP contribution in [0.1, 0.15) is 44.9 Å². The van der Waals surface area contributed by atoms with Crippen LogP contribution < -0.4 is 0 Å². The molecule has 0 aliphatic heterocycles. The Morgan fingerprint density at radius 1 is 1.18 bits per heavy atom. The molecule has 1 unspecified atom stereocenters. The van der Waals surface area contributed by atoms with Gasteiger partial charge < -0.3 is 0 Å². The van der Waals surface area contributed by atoms with E-state index in [0.717, 1.165) is 12.3 Å². The molecule has 0 nitrogen and oxygen atoms in total. The van der Waals surface area contributed by atoms with Crippen LogP contribution in [0.5, 0.6) is 0 Å². The third kappa shape index (κ3) is 3.60. The van der Waals surface area contributed by atoms with E-state index in [1.807, 2.05) is 0 Å². The van der Waals surface area contributed by atoms with E-state index in [2.05, 4.69) is 19.1 Å². The molecule has 0 aromatic carbocycles. The summed E-state index contributed by atoms with van der Waals surface area (Å²) in [6.45, 7) is 3.92. The predicted octanol–water partition coefficient (Wildman–Crippen LogP) is 3.74. The molecule has 0 amide bonds. The average Bonchev–Trinajstić information content (AvgIpc) is 1.94. The molecule has 63 valence electrons. The number of hydrogen-bond donors (Lipinski definition) is 0. The van der Waals surface area contributed by atoms with Crippen molar-refractivity contribution >= 4 is 0 Å². The fourth-order valence-electron chi connectivity index (χ4n) is 1.81. The lowest BCUT2D eigenvalue weighted by atomic mass is 9.91. The van der Waals surface area contributed by atoms with Crippen LogP contribution in [-0.2, 0) is 0 Å². The highest BCUT2D eigenvalue weighted by molar-refractivity contribution is 4.84. The number of allylic oxidation sites excluding steroid dienone is 2. The van der Waals surface area contributed by atoms with Crippen molar-refractivity contribution in [2.45, 2.75) is 44.9 Å². The first-order valence-electron chi connectivity index (χ1n) is 4.87. The Morgan fingerprint density at radius 2 is 2.00 bits per heavy atom. The van der Waals surface area contributed by atoms with Gasteiger partial charge in [0, 0.05) is 0 Å². The monoisotopic (exact) mass is 151 g/mol. The van der Waals surface area contributed by atoms with Crippen LogP contribution in [0.15, 0.2) is 12.2 Å². The molecule has 0 bridgehead atoms. The van der Waals surface area contributed by atoms with Gasteiger partial charge in [-0.1, -0.05) is 38.3 Å². The van der Waals surface area contributed by atoms with Crippen molar-refractivity contribution in [1.29, 1.82) is 0 Å². The van der Waals surface area contributed by atoms with E-state index < -0.39 is 0 Å². The van der Waals surface area contributed by atoms with E-state index in [-0.39, 0.29) is 0 Å². The second-order valence-corrected chi connectivity index (χ2v) is 3.49. The van der Waals surface area contributed by atoms with Crippen LogP contribution in [0.25, 0.3) is 0 Å². The molecule has 0 saturated carbocycles.